The predicted octanol–water partition coefficient (Wildman–Crippen LogP) is 16.0. The molecule has 0 aromatic rings. The van der Waals surface area contributed by atoms with Gasteiger partial charge in [-0.25, -0.2) is 0 Å². The molecule has 5 heteroatoms. The molecule has 60 heavy (non-hydrogen) atoms. The van der Waals surface area contributed by atoms with Crippen molar-refractivity contribution in [2.45, 2.75) is 200 Å². The topological polar surface area (TPSA) is 72.8 Å². The quantitative estimate of drug-likeness (QED) is 0.0377. The molecular weight excluding hydrogens is 741 g/mol. The van der Waals surface area contributed by atoms with Crippen molar-refractivity contribution in [3.8, 4) is 0 Å². The molecule has 0 rings (SSSR count). The summed E-state index contributed by atoms with van der Waals surface area (Å²) in [6, 6.07) is 0. The normalized spacial score (nSPS) is 13.3. The summed E-state index contributed by atoms with van der Waals surface area (Å²) < 4.78 is 10.6. The van der Waals surface area contributed by atoms with Crippen molar-refractivity contribution >= 4 is 11.9 Å². The lowest BCUT2D eigenvalue weighted by Gasteiger charge is -2.15. The van der Waals surface area contributed by atoms with E-state index in [1.165, 1.54) is 44.9 Å². The molecule has 0 aliphatic heterocycles. The molecule has 0 heterocycles. The Hall–Kier alpha value is -3.70. The minimum atomic E-state index is -0.798. The van der Waals surface area contributed by atoms with Gasteiger partial charge in [0.2, 0.25) is 0 Å². The number of hydrogen-bond donors (Lipinski definition) is 1. The van der Waals surface area contributed by atoms with E-state index >= 15 is 0 Å². The number of hydrogen-bond acceptors (Lipinski definition) is 5. The molecule has 0 saturated heterocycles. The van der Waals surface area contributed by atoms with Crippen LogP contribution in [0.4, 0.5) is 0 Å². The molecule has 0 aromatic carbocycles. The van der Waals surface area contributed by atoms with Crippen LogP contribution in [-0.4, -0.2) is 36.4 Å². The Morgan fingerprint density at radius 2 is 0.717 bits per heavy atom. The summed E-state index contributed by atoms with van der Waals surface area (Å²) in [5.74, 6) is -0.638. The average Bonchev–Trinajstić information content (AvgIpc) is 3.25. The molecule has 0 fully saturated rings. The third-order valence-corrected chi connectivity index (χ3v) is 9.74. The summed E-state index contributed by atoms with van der Waals surface area (Å²) in [5, 5.41) is 9.61. The maximum absolute atomic E-state index is 12.3. The molecule has 0 radical (unpaired) electrons. The van der Waals surface area contributed by atoms with Gasteiger partial charge < -0.3 is 14.6 Å². The number of ether oxygens (including phenoxy) is 2. The second kappa shape index (κ2) is 49.7. The number of carbonyl (C=O) groups excluding carboxylic acids is 2. The van der Waals surface area contributed by atoms with Crippen LogP contribution in [0.3, 0.4) is 0 Å². The molecule has 0 aromatic heterocycles. The molecule has 0 spiro atoms. The highest BCUT2D eigenvalue weighted by atomic mass is 16.6. The van der Waals surface area contributed by atoms with Crippen LogP contribution >= 0.6 is 0 Å². The number of aliphatic hydroxyl groups excluding tert-OH is 1. The Labute approximate surface area is 369 Å². The summed E-state index contributed by atoms with van der Waals surface area (Å²) in [7, 11) is 0. The summed E-state index contributed by atoms with van der Waals surface area (Å²) in [6.07, 6.45) is 72.7. The van der Waals surface area contributed by atoms with E-state index < -0.39 is 6.10 Å². The highest BCUT2D eigenvalue weighted by molar-refractivity contribution is 5.70. The Morgan fingerprint density at radius 3 is 1.08 bits per heavy atom. The lowest BCUT2D eigenvalue weighted by molar-refractivity contribution is -0.161. The van der Waals surface area contributed by atoms with Gasteiger partial charge in [0, 0.05) is 12.8 Å². The van der Waals surface area contributed by atoms with Crippen LogP contribution in [0.1, 0.15) is 194 Å². The zero-order chi connectivity index (χ0) is 43.5. The zero-order valence-electron chi connectivity index (χ0n) is 38.4. The van der Waals surface area contributed by atoms with Crippen molar-refractivity contribution in [2.24, 2.45) is 0 Å². The minimum absolute atomic E-state index is 0.0891. The zero-order valence-corrected chi connectivity index (χ0v) is 38.4. The number of aliphatic hydroxyl groups is 1. The summed E-state index contributed by atoms with van der Waals surface area (Å²) in [6.45, 7) is 3.96. The molecule has 338 valence electrons. The van der Waals surface area contributed by atoms with Crippen LogP contribution in [0.5, 0.6) is 0 Å². The molecule has 1 unspecified atom stereocenters. The van der Waals surface area contributed by atoms with Gasteiger partial charge in [-0.15, -0.1) is 0 Å². The highest BCUT2D eigenvalue weighted by Crippen LogP contribution is 2.12. The largest absolute Gasteiger partial charge is 0.462 e. The lowest BCUT2D eigenvalue weighted by atomic mass is 10.1. The second-order valence-corrected chi connectivity index (χ2v) is 15.4. The van der Waals surface area contributed by atoms with E-state index in [0.717, 1.165) is 122 Å². The first-order chi connectivity index (χ1) is 29.6. The number of unbranched alkanes of at least 4 members (excludes halogenated alkanes) is 14. The van der Waals surface area contributed by atoms with Gasteiger partial charge in [-0.05, 0) is 109 Å². The van der Waals surface area contributed by atoms with Crippen molar-refractivity contribution in [3.05, 3.63) is 122 Å². The maximum atomic E-state index is 12.3. The fourth-order valence-corrected chi connectivity index (χ4v) is 6.13. The molecule has 1 atom stereocenters. The van der Waals surface area contributed by atoms with Crippen LogP contribution in [-0.2, 0) is 19.1 Å². The number of allylic oxidation sites excluding steroid dienone is 20. The van der Waals surface area contributed by atoms with Crippen LogP contribution < -0.4 is 0 Å². The summed E-state index contributed by atoms with van der Waals surface area (Å²) in [5.41, 5.74) is 0. The van der Waals surface area contributed by atoms with E-state index in [2.05, 4.69) is 135 Å². The Balaban J connectivity index is 3.66. The standard InChI is InChI=1S/C55H88O5/c1-3-5-7-9-11-13-15-17-19-21-23-24-25-26-27-28-29-30-32-34-36-38-40-42-44-46-48-50-55(58)60-53(51-56)52-59-54(57)49-47-45-43-41-39-37-35-33-31-22-20-18-16-14-12-10-8-6-4-2/h5,7,11-14,17-20,23-24,26-27,29-31,33-34,36,53,56H,3-4,6,8-10,15-16,21-22,25,28,32,35,37-52H2,1-2H3/b7-5-,13-11-,14-12-,19-17-,20-18-,24-23-,27-26-,30-29-,33-31-,36-34-. The van der Waals surface area contributed by atoms with Gasteiger partial charge in [0.1, 0.15) is 6.61 Å². The fourth-order valence-electron chi connectivity index (χ4n) is 6.13. The van der Waals surface area contributed by atoms with Gasteiger partial charge in [0.05, 0.1) is 6.61 Å². The third-order valence-electron chi connectivity index (χ3n) is 9.74. The third kappa shape index (κ3) is 47.0. The van der Waals surface area contributed by atoms with E-state index in [1.54, 1.807) is 0 Å². The second-order valence-electron chi connectivity index (χ2n) is 15.4. The fraction of sp³-hybridized carbons (Fsp3) is 0.600. The van der Waals surface area contributed by atoms with E-state index in [0.29, 0.717) is 12.8 Å². The van der Waals surface area contributed by atoms with Crippen molar-refractivity contribution in [2.75, 3.05) is 13.2 Å². The maximum Gasteiger partial charge on any atom is 0.306 e. The number of rotatable bonds is 42. The molecule has 0 aliphatic rings. The van der Waals surface area contributed by atoms with Crippen molar-refractivity contribution in [1.82, 2.24) is 0 Å². The highest BCUT2D eigenvalue weighted by Gasteiger charge is 2.16. The van der Waals surface area contributed by atoms with E-state index in [1.807, 2.05) is 0 Å². The predicted molar refractivity (Wildman–Crippen MR) is 260 cm³/mol. The van der Waals surface area contributed by atoms with Gasteiger partial charge >= 0.3 is 11.9 Å². The van der Waals surface area contributed by atoms with Crippen LogP contribution in [0.15, 0.2) is 122 Å². The molecule has 1 N–H and O–H groups in total. The van der Waals surface area contributed by atoms with Crippen LogP contribution in [0, 0.1) is 0 Å². The Bertz CT molecular complexity index is 1260. The van der Waals surface area contributed by atoms with Gasteiger partial charge in [-0.2, -0.15) is 0 Å². The summed E-state index contributed by atoms with van der Waals surface area (Å²) >= 11 is 0. The Kier molecular flexibility index (Phi) is 46.6. The van der Waals surface area contributed by atoms with Crippen molar-refractivity contribution in [1.29, 1.82) is 0 Å². The molecule has 0 saturated carbocycles. The molecule has 0 aliphatic carbocycles. The number of carbonyl (C=O) groups is 2. The van der Waals surface area contributed by atoms with Gasteiger partial charge in [-0.3, -0.25) is 9.59 Å². The summed E-state index contributed by atoms with van der Waals surface area (Å²) in [4.78, 5) is 24.4. The van der Waals surface area contributed by atoms with Crippen molar-refractivity contribution in [3.63, 3.8) is 0 Å². The molecule has 0 bridgehead atoms. The Morgan fingerprint density at radius 1 is 0.400 bits per heavy atom. The molecular formula is C55H88O5. The number of esters is 2. The monoisotopic (exact) mass is 829 g/mol. The van der Waals surface area contributed by atoms with E-state index in [4.69, 9.17) is 9.47 Å². The molecule has 0 amide bonds. The van der Waals surface area contributed by atoms with Gasteiger partial charge in [0.25, 0.3) is 0 Å². The van der Waals surface area contributed by atoms with Gasteiger partial charge in [-0.1, -0.05) is 193 Å². The van der Waals surface area contributed by atoms with Crippen LogP contribution in [0.2, 0.25) is 0 Å². The van der Waals surface area contributed by atoms with Crippen molar-refractivity contribution < 1.29 is 24.2 Å². The van der Waals surface area contributed by atoms with Crippen LogP contribution in [0.25, 0.3) is 0 Å². The lowest BCUT2D eigenvalue weighted by Crippen LogP contribution is -2.28. The minimum Gasteiger partial charge on any atom is -0.462 e. The van der Waals surface area contributed by atoms with E-state index in [-0.39, 0.29) is 25.2 Å². The SMILES string of the molecule is CC/C=C\C/C=C\C/C=C\C/C=C\C/C=C\C/C=C\C/C=C\CCCCCCCC(=O)OC(CO)COC(=O)CCCCCCCC/C=C\C/C=C\C/C=C\CCCCC. The average molecular weight is 829 g/mol. The molecule has 5 nitrogen and oxygen atoms in total. The smallest absolute Gasteiger partial charge is 0.306 e. The van der Waals surface area contributed by atoms with E-state index in [9.17, 15) is 14.7 Å². The first-order valence-corrected chi connectivity index (χ1v) is 24.1. The van der Waals surface area contributed by atoms with Gasteiger partial charge in [0.15, 0.2) is 6.10 Å². The first kappa shape index (κ1) is 56.3. The first-order valence-electron chi connectivity index (χ1n) is 24.1.